The molecule has 0 aliphatic heterocycles. The first-order valence-electron chi connectivity index (χ1n) is 7.27. The van der Waals surface area contributed by atoms with Gasteiger partial charge in [0.2, 0.25) is 0 Å². The third-order valence-corrected chi connectivity index (χ3v) is 4.14. The summed E-state index contributed by atoms with van der Waals surface area (Å²) in [5, 5.41) is 14.2. The van der Waals surface area contributed by atoms with Crippen LogP contribution in [-0.2, 0) is 21.5 Å². The third kappa shape index (κ3) is 5.14. The number of carbonyl (C=O) groups is 1. The molecule has 26 heavy (non-hydrogen) atoms. The first-order valence-corrected chi connectivity index (χ1v) is 8.71. The van der Waals surface area contributed by atoms with Gasteiger partial charge < -0.3 is 10.6 Å². The van der Waals surface area contributed by atoms with E-state index < -0.39 is 21.8 Å². The van der Waals surface area contributed by atoms with E-state index in [0.29, 0.717) is 5.56 Å². The number of carbonyl (C=O) groups excluding carboxylic acids is 1. The number of hydrogen-bond acceptors (Lipinski definition) is 5. The molecule has 7 nitrogen and oxygen atoms in total. The Hall–Kier alpha value is -3.22. The molecule has 2 aromatic carbocycles. The Bertz CT molecular complexity index is 980. The quantitative estimate of drug-likeness (QED) is 0.405. The lowest BCUT2D eigenvalue weighted by Crippen LogP contribution is -2.17. The predicted octanol–water partition coefficient (Wildman–Crippen LogP) is 2.21. The smallest absolute Gasteiger partial charge is 0.294 e. The Balaban J connectivity index is 2.02. The molecule has 0 aliphatic carbocycles. The Morgan fingerprint density at radius 2 is 1.85 bits per heavy atom. The number of rotatable bonds is 6. The summed E-state index contributed by atoms with van der Waals surface area (Å²) < 4.78 is 44.3. The van der Waals surface area contributed by atoms with E-state index in [4.69, 9.17) is 9.81 Å². The van der Waals surface area contributed by atoms with E-state index in [1.54, 1.807) is 24.3 Å². The van der Waals surface area contributed by atoms with Crippen molar-refractivity contribution in [2.45, 2.75) is 11.4 Å². The van der Waals surface area contributed by atoms with Gasteiger partial charge in [-0.25, -0.2) is 4.39 Å². The van der Waals surface area contributed by atoms with E-state index >= 15 is 0 Å². The lowest BCUT2D eigenvalue weighted by Gasteiger charge is -2.06. The largest absolute Gasteiger partial charge is 0.385 e. The molecule has 0 unspecified atom stereocenters. The van der Waals surface area contributed by atoms with Gasteiger partial charge in [0.05, 0.1) is 4.90 Å². The lowest BCUT2D eigenvalue weighted by molar-refractivity contribution is -0.112. The highest BCUT2D eigenvalue weighted by Crippen LogP contribution is 2.14. The molecule has 2 rings (SSSR count). The van der Waals surface area contributed by atoms with Crippen molar-refractivity contribution in [3.63, 3.8) is 0 Å². The molecule has 0 fully saturated rings. The Morgan fingerprint density at radius 3 is 2.42 bits per heavy atom. The molecule has 134 valence electrons. The summed E-state index contributed by atoms with van der Waals surface area (Å²) in [6, 6.07) is 12.6. The summed E-state index contributed by atoms with van der Waals surface area (Å²) in [6.07, 6.45) is 1.16. The maximum absolute atomic E-state index is 13.5. The number of nitriles is 1. The van der Waals surface area contributed by atoms with E-state index in [1.807, 2.05) is 0 Å². The minimum Gasteiger partial charge on any atom is -0.385 e. The van der Waals surface area contributed by atoms with E-state index in [9.17, 15) is 17.6 Å². The first kappa shape index (κ1) is 19.1. The normalized spacial score (nSPS) is 11.5. The Kier molecular flexibility index (Phi) is 6.06. The van der Waals surface area contributed by atoms with E-state index in [2.05, 4.69) is 10.6 Å². The molecule has 0 heterocycles. The average Bonchev–Trinajstić information content (AvgIpc) is 2.60. The number of halogens is 1. The van der Waals surface area contributed by atoms with Gasteiger partial charge in [-0.2, -0.15) is 13.7 Å². The summed E-state index contributed by atoms with van der Waals surface area (Å²) in [4.78, 5) is 11.7. The molecule has 0 radical (unpaired) electrons. The first-order chi connectivity index (χ1) is 12.3. The summed E-state index contributed by atoms with van der Waals surface area (Å²) >= 11 is 0. The summed E-state index contributed by atoms with van der Waals surface area (Å²) in [5.41, 5.74) is 0.361. The van der Waals surface area contributed by atoms with Crippen molar-refractivity contribution in [3.8, 4) is 6.07 Å². The lowest BCUT2D eigenvalue weighted by atomic mass is 10.2. The van der Waals surface area contributed by atoms with Crippen LogP contribution in [0.5, 0.6) is 0 Å². The predicted molar refractivity (Wildman–Crippen MR) is 91.8 cm³/mol. The molecule has 0 aliphatic rings. The van der Waals surface area contributed by atoms with Gasteiger partial charge >= 0.3 is 0 Å². The molecule has 0 saturated carbocycles. The monoisotopic (exact) mass is 375 g/mol. The molecule has 0 saturated heterocycles. The fourth-order valence-corrected chi connectivity index (χ4v) is 2.44. The van der Waals surface area contributed by atoms with Gasteiger partial charge in [-0.1, -0.05) is 18.2 Å². The molecular formula is C17H14FN3O4S. The van der Waals surface area contributed by atoms with Crippen molar-refractivity contribution in [1.82, 2.24) is 5.32 Å². The van der Waals surface area contributed by atoms with Crippen molar-refractivity contribution in [2.75, 3.05) is 5.32 Å². The van der Waals surface area contributed by atoms with Crippen LogP contribution in [0.3, 0.4) is 0 Å². The van der Waals surface area contributed by atoms with Gasteiger partial charge in [0, 0.05) is 24.0 Å². The molecule has 9 heteroatoms. The van der Waals surface area contributed by atoms with Crippen LogP contribution in [0.1, 0.15) is 5.56 Å². The van der Waals surface area contributed by atoms with E-state index in [-0.39, 0.29) is 22.7 Å². The van der Waals surface area contributed by atoms with Crippen molar-refractivity contribution >= 4 is 21.7 Å². The van der Waals surface area contributed by atoms with Crippen molar-refractivity contribution in [3.05, 3.63) is 71.7 Å². The van der Waals surface area contributed by atoms with Crippen LogP contribution < -0.4 is 10.6 Å². The van der Waals surface area contributed by atoms with Gasteiger partial charge in [0.25, 0.3) is 16.0 Å². The average molecular weight is 375 g/mol. The van der Waals surface area contributed by atoms with Crippen LogP contribution in [0.15, 0.2) is 65.2 Å². The molecule has 3 N–H and O–H groups in total. The summed E-state index contributed by atoms with van der Waals surface area (Å²) in [6.45, 7) is 0.0915. The molecule has 1 amide bonds. The Morgan fingerprint density at radius 1 is 1.19 bits per heavy atom. The van der Waals surface area contributed by atoms with Crippen LogP contribution in [0.25, 0.3) is 0 Å². The maximum atomic E-state index is 13.5. The number of nitrogens with one attached hydrogen (secondary N) is 2. The number of amides is 1. The van der Waals surface area contributed by atoms with Crippen LogP contribution in [0.2, 0.25) is 0 Å². The topological polar surface area (TPSA) is 119 Å². The van der Waals surface area contributed by atoms with Crippen LogP contribution >= 0.6 is 0 Å². The SMILES string of the molecule is N#C/C(=C/NCc1ccccc1F)C(=O)Nc1ccc(S(=O)(=O)O)cc1. The number of anilines is 1. The zero-order valence-corrected chi connectivity index (χ0v) is 14.1. The Labute approximate surface area is 149 Å². The molecule has 2 aromatic rings. The van der Waals surface area contributed by atoms with Crippen LogP contribution in [-0.4, -0.2) is 18.9 Å². The van der Waals surface area contributed by atoms with Gasteiger partial charge in [-0.15, -0.1) is 0 Å². The maximum Gasteiger partial charge on any atom is 0.294 e. The standard InChI is InChI=1S/C17H14FN3O4S/c18-16-4-2-1-3-12(16)10-20-11-13(9-19)17(22)21-14-5-7-15(8-6-14)26(23,24)25/h1-8,11,20H,10H2,(H,21,22)(H,23,24,25)/b13-11-. The van der Waals surface area contributed by atoms with Crippen molar-refractivity contribution < 1.29 is 22.2 Å². The number of benzene rings is 2. The highest BCUT2D eigenvalue weighted by atomic mass is 32.2. The van der Waals surface area contributed by atoms with Crippen molar-refractivity contribution in [1.29, 1.82) is 5.26 Å². The second kappa shape index (κ2) is 8.24. The molecule has 0 spiro atoms. The van der Waals surface area contributed by atoms with E-state index in [1.165, 1.54) is 18.2 Å². The minimum atomic E-state index is -4.33. The van der Waals surface area contributed by atoms with Gasteiger partial charge in [0.1, 0.15) is 17.5 Å². The molecule has 0 aromatic heterocycles. The summed E-state index contributed by atoms with van der Waals surface area (Å²) in [7, 11) is -4.33. The second-order valence-electron chi connectivity index (χ2n) is 5.10. The highest BCUT2D eigenvalue weighted by molar-refractivity contribution is 7.85. The number of hydrogen-bond donors (Lipinski definition) is 3. The number of nitrogens with zero attached hydrogens (tertiary/aromatic N) is 1. The van der Waals surface area contributed by atoms with Crippen LogP contribution in [0, 0.1) is 17.1 Å². The third-order valence-electron chi connectivity index (χ3n) is 3.27. The molecule has 0 atom stereocenters. The van der Waals surface area contributed by atoms with Gasteiger partial charge in [-0.05, 0) is 30.3 Å². The van der Waals surface area contributed by atoms with Crippen molar-refractivity contribution in [2.24, 2.45) is 0 Å². The van der Waals surface area contributed by atoms with Gasteiger partial charge in [0.15, 0.2) is 0 Å². The fourth-order valence-electron chi connectivity index (χ4n) is 1.96. The molecular weight excluding hydrogens is 361 g/mol. The minimum absolute atomic E-state index is 0.0915. The van der Waals surface area contributed by atoms with Crippen LogP contribution in [0.4, 0.5) is 10.1 Å². The highest BCUT2D eigenvalue weighted by Gasteiger charge is 2.12. The summed E-state index contributed by atoms with van der Waals surface area (Å²) in [5.74, 6) is -1.14. The fraction of sp³-hybridized carbons (Fsp3) is 0.0588. The van der Waals surface area contributed by atoms with E-state index in [0.717, 1.165) is 18.3 Å². The zero-order chi connectivity index (χ0) is 19.2. The molecule has 0 bridgehead atoms. The van der Waals surface area contributed by atoms with Gasteiger partial charge in [-0.3, -0.25) is 9.35 Å². The second-order valence-corrected chi connectivity index (χ2v) is 6.52. The zero-order valence-electron chi connectivity index (χ0n) is 13.3.